The summed E-state index contributed by atoms with van der Waals surface area (Å²) in [4.78, 5) is 13.2. The van der Waals surface area contributed by atoms with Gasteiger partial charge in [-0.1, -0.05) is 0 Å². The third-order valence-corrected chi connectivity index (χ3v) is 4.67. The molecule has 0 aromatic heterocycles. The number of halogens is 4. The second-order valence-electron chi connectivity index (χ2n) is 4.97. The lowest BCUT2D eigenvalue weighted by atomic mass is 10.3. The standard InChI is InChI=1S/C13H16F3N3O4S.ClH/c14-13(15,16)23-10-1-3-11(4-2-10)24(21,22)18-9-12(20)19-7-5-17-6-8-19;/h1-4,17-18H,5-9H2;1H. The molecule has 1 aliphatic rings. The number of alkyl halides is 3. The largest absolute Gasteiger partial charge is 0.573 e. The van der Waals surface area contributed by atoms with E-state index in [1.54, 1.807) is 0 Å². The fourth-order valence-corrected chi connectivity index (χ4v) is 3.06. The van der Waals surface area contributed by atoms with Gasteiger partial charge in [-0.3, -0.25) is 4.79 Å². The summed E-state index contributed by atoms with van der Waals surface area (Å²) < 4.78 is 66.1. The Morgan fingerprint density at radius 3 is 2.28 bits per heavy atom. The number of piperazine rings is 1. The zero-order valence-electron chi connectivity index (χ0n) is 12.9. The van der Waals surface area contributed by atoms with Gasteiger partial charge in [-0.25, -0.2) is 13.1 Å². The summed E-state index contributed by atoms with van der Waals surface area (Å²) in [5, 5.41) is 3.06. The number of hydrogen-bond acceptors (Lipinski definition) is 5. The number of carbonyl (C=O) groups is 1. The molecule has 1 heterocycles. The Morgan fingerprint density at radius 2 is 1.76 bits per heavy atom. The zero-order valence-corrected chi connectivity index (χ0v) is 14.5. The molecule has 2 N–H and O–H groups in total. The molecule has 0 unspecified atom stereocenters. The molecule has 12 heteroatoms. The second-order valence-corrected chi connectivity index (χ2v) is 6.74. The van der Waals surface area contributed by atoms with Crippen molar-refractivity contribution in [1.29, 1.82) is 0 Å². The van der Waals surface area contributed by atoms with E-state index in [2.05, 4.69) is 14.8 Å². The van der Waals surface area contributed by atoms with Gasteiger partial charge in [0, 0.05) is 26.2 Å². The molecule has 1 aromatic rings. The van der Waals surface area contributed by atoms with Crippen LogP contribution in [0.25, 0.3) is 0 Å². The quantitative estimate of drug-likeness (QED) is 0.756. The first-order valence-corrected chi connectivity index (χ1v) is 8.50. The van der Waals surface area contributed by atoms with Gasteiger partial charge in [-0.2, -0.15) is 0 Å². The number of carbonyl (C=O) groups excluding carboxylic acids is 1. The fourth-order valence-electron chi connectivity index (χ4n) is 2.09. The molecule has 1 fully saturated rings. The van der Waals surface area contributed by atoms with Crippen molar-refractivity contribution in [3.05, 3.63) is 24.3 Å². The summed E-state index contributed by atoms with van der Waals surface area (Å²) in [5.74, 6) is -0.893. The van der Waals surface area contributed by atoms with Gasteiger partial charge in [0.1, 0.15) is 5.75 Å². The first kappa shape index (κ1) is 21.5. The highest BCUT2D eigenvalue weighted by Crippen LogP contribution is 2.23. The van der Waals surface area contributed by atoms with Gasteiger partial charge in [0.15, 0.2) is 0 Å². The van der Waals surface area contributed by atoms with Gasteiger partial charge >= 0.3 is 6.36 Å². The minimum atomic E-state index is -4.85. The number of rotatable bonds is 5. The molecule has 0 aliphatic carbocycles. The van der Waals surface area contributed by atoms with Crippen LogP contribution < -0.4 is 14.8 Å². The molecular formula is C13H17ClF3N3O4S. The molecule has 0 bridgehead atoms. The predicted octanol–water partition coefficient (Wildman–Crippen LogP) is 0.717. The number of sulfonamides is 1. The number of benzene rings is 1. The number of nitrogens with zero attached hydrogens (tertiary/aromatic N) is 1. The van der Waals surface area contributed by atoms with E-state index in [0.29, 0.717) is 26.2 Å². The third kappa shape index (κ3) is 6.69. The summed E-state index contributed by atoms with van der Waals surface area (Å²) in [6, 6.07) is 3.72. The lowest BCUT2D eigenvalue weighted by Crippen LogP contribution is -2.49. The molecule has 1 aliphatic heterocycles. The van der Waals surface area contributed by atoms with Gasteiger partial charge in [-0.05, 0) is 24.3 Å². The van der Waals surface area contributed by atoms with Crippen molar-refractivity contribution in [1.82, 2.24) is 14.9 Å². The second kappa shape index (κ2) is 8.70. The van der Waals surface area contributed by atoms with Crippen molar-refractivity contribution in [3.8, 4) is 5.75 Å². The van der Waals surface area contributed by atoms with E-state index in [0.717, 1.165) is 24.3 Å². The molecule has 1 saturated heterocycles. The first-order valence-electron chi connectivity index (χ1n) is 7.01. The molecule has 2 rings (SSSR count). The maximum Gasteiger partial charge on any atom is 0.573 e. The lowest BCUT2D eigenvalue weighted by Gasteiger charge is -2.27. The Kier molecular flexibility index (Phi) is 7.47. The number of nitrogens with one attached hydrogen (secondary N) is 2. The highest BCUT2D eigenvalue weighted by molar-refractivity contribution is 7.89. The number of amides is 1. The minimum Gasteiger partial charge on any atom is -0.406 e. The molecule has 0 atom stereocenters. The Bertz CT molecular complexity index is 677. The van der Waals surface area contributed by atoms with Crippen molar-refractivity contribution < 1.29 is 31.1 Å². The van der Waals surface area contributed by atoms with Crippen molar-refractivity contribution in [2.24, 2.45) is 0 Å². The fraction of sp³-hybridized carbons (Fsp3) is 0.462. The first-order chi connectivity index (χ1) is 11.2. The van der Waals surface area contributed by atoms with Crippen LogP contribution in [0.2, 0.25) is 0 Å². The smallest absolute Gasteiger partial charge is 0.406 e. The molecule has 0 saturated carbocycles. The van der Waals surface area contributed by atoms with Gasteiger partial charge < -0.3 is 15.0 Å². The van der Waals surface area contributed by atoms with Crippen LogP contribution >= 0.6 is 12.4 Å². The van der Waals surface area contributed by atoms with Gasteiger partial charge in [0.05, 0.1) is 11.4 Å². The normalized spacial score (nSPS) is 15.4. The van der Waals surface area contributed by atoms with Crippen LogP contribution in [0, 0.1) is 0 Å². The SMILES string of the molecule is Cl.O=C(CNS(=O)(=O)c1ccc(OC(F)(F)F)cc1)N1CCNCC1. The molecule has 142 valence electrons. The average molecular weight is 404 g/mol. The van der Waals surface area contributed by atoms with Crippen LogP contribution in [-0.4, -0.2) is 58.3 Å². The number of hydrogen-bond donors (Lipinski definition) is 2. The highest BCUT2D eigenvalue weighted by Gasteiger charge is 2.31. The van der Waals surface area contributed by atoms with Crippen molar-refractivity contribution in [2.45, 2.75) is 11.3 Å². The molecule has 0 spiro atoms. The summed E-state index contributed by atoms with van der Waals surface area (Å²) in [7, 11) is -4.00. The topological polar surface area (TPSA) is 87.7 Å². The highest BCUT2D eigenvalue weighted by atomic mass is 35.5. The Labute approximate surface area is 149 Å². The summed E-state index contributed by atoms with van der Waals surface area (Å²) >= 11 is 0. The molecule has 25 heavy (non-hydrogen) atoms. The van der Waals surface area contributed by atoms with Crippen LogP contribution in [0.5, 0.6) is 5.75 Å². The lowest BCUT2D eigenvalue weighted by molar-refractivity contribution is -0.274. The van der Waals surface area contributed by atoms with Crippen LogP contribution in [0.15, 0.2) is 29.2 Å². The summed E-state index contributed by atoms with van der Waals surface area (Å²) in [6.07, 6.45) is -4.85. The van der Waals surface area contributed by atoms with Crippen molar-refractivity contribution in [3.63, 3.8) is 0 Å². The van der Waals surface area contributed by atoms with Crippen molar-refractivity contribution in [2.75, 3.05) is 32.7 Å². The molecule has 1 amide bonds. The Morgan fingerprint density at radius 1 is 1.20 bits per heavy atom. The zero-order chi connectivity index (χ0) is 17.8. The van der Waals surface area contributed by atoms with E-state index >= 15 is 0 Å². The molecule has 7 nitrogen and oxygen atoms in total. The Balaban J connectivity index is 0.00000312. The third-order valence-electron chi connectivity index (χ3n) is 3.25. The van der Waals surface area contributed by atoms with Gasteiger partial charge in [-0.15, -0.1) is 25.6 Å². The molecule has 1 aromatic carbocycles. The number of ether oxygens (including phenoxy) is 1. The van der Waals surface area contributed by atoms with E-state index in [4.69, 9.17) is 0 Å². The predicted molar refractivity (Wildman–Crippen MR) is 85.0 cm³/mol. The van der Waals surface area contributed by atoms with Crippen LogP contribution in [0.4, 0.5) is 13.2 Å². The van der Waals surface area contributed by atoms with Crippen LogP contribution in [0.1, 0.15) is 0 Å². The van der Waals surface area contributed by atoms with Gasteiger partial charge in [0.25, 0.3) is 0 Å². The minimum absolute atomic E-state index is 0. The van der Waals surface area contributed by atoms with Gasteiger partial charge in [0.2, 0.25) is 15.9 Å². The van der Waals surface area contributed by atoms with E-state index in [-0.39, 0.29) is 23.2 Å². The molecular weight excluding hydrogens is 387 g/mol. The van der Waals surface area contributed by atoms with E-state index in [9.17, 15) is 26.4 Å². The van der Waals surface area contributed by atoms with E-state index in [1.165, 1.54) is 4.90 Å². The van der Waals surface area contributed by atoms with E-state index < -0.39 is 28.7 Å². The Hall–Kier alpha value is -1.56. The molecule has 0 radical (unpaired) electrons. The maximum absolute atomic E-state index is 12.1. The van der Waals surface area contributed by atoms with Crippen LogP contribution in [0.3, 0.4) is 0 Å². The summed E-state index contributed by atoms with van der Waals surface area (Å²) in [5.41, 5.74) is 0. The maximum atomic E-state index is 12.1. The summed E-state index contributed by atoms with van der Waals surface area (Å²) in [6.45, 7) is 1.84. The van der Waals surface area contributed by atoms with E-state index in [1.807, 2.05) is 0 Å². The monoisotopic (exact) mass is 403 g/mol. The average Bonchev–Trinajstić information content (AvgIpc) is 2.52. The van der Waals surface area contributed by atoms with Crippen LogP contribution in [-0.2, 0) is 14.8 Å². The van der Waals surface area contributed by atoms with Crippen molar-refractivity contribution >= 4 is 28.3 Å².